The first-order chi connectivity index (χ1) is 16.1. The summed E-state index contributed by atoms with van der Waals surface area (Å²) in [7, 11) is 0. The van der Waals surface area contributed by atoms with E-state index in [1.54, 1.807) is 11.3 Å². The smallest absolute Gasteiger partial charge is 0.219 e. The van der Waals surface area contributed by atoms with Crippen molar-refractivity contribution >= 4 is 54.4 Å². The van der Waals surface area contributed by atoms with Gasteiger partial charge in [0.2, 0.25) is 5.12 Å². The van der Waals surface area contributed by atoms with Crippen LogP contribution in [0.4, 0.5) is 10.8 Å². The van der Waals surface area contributed by atoms with Crippen LogP contribution in [0, 0.1) is 6.92 Å². The second kappa shape index (κ2) is 9.77. The summed E-state index contributed by atoms with van der Waals surface area (Å²) >= 11 is 2.88. The van der Waals surface area contributed by atoms with E-state index in [0.29, 0.717) is 11.6 Å². The molecule has 4 aromatic rings. The number of thioether (sulfide) groups is 1. The summed E-state index contributed by atoms with van der Waals surface area (Å²) in [6.45, 7) is 2.92. The van der Waals surface area contributed by atoms with Gasteiger partial charge in [-0.05, 0) is 66.1 Å². The van der Waals surface area contributed by atoms with E-state index in [1.165, 1.54) is 27.6 Å². The molecule has 0 bridgehead atoms. The van der Waals surface area contributed by atoms with Gasteiger partial charge in [-0.3, -0.25) is 4.79 Å². The van der Waals surface area contributed by atoms with Gasteiger partial charge in [0.1, 0.15) is 6.04 Å². The van der Waals surface area contributed by atoms with Crippen molar-refractivity contribution in [1.82, 2.24) is 10.3 Å². The second-order valence-corrected chi connectivity index (χ2v) is 10.1. The first-order valence-corrected chi connectivity index (χ1v) is 12.6. The number of hydrogen-bond donors (Lipinski definition) is 2. The number of nitrogens with one attached hydrogen (secondary N) is 2. The van der Waals surface area contributed by atoms with Crippen molar-refractivity contribution in [2.75, 3.05) is 11.9 Å². The lowest BCUT2D eigenvalue weighted by atomic mass is 10.1. The zero-order valence-electron chi connectivity index (χ0n) is 18.2. The lowest BCUT2D eigenvalue weighted by Crippen LogP contribution is -2.31. The number of carbonyl (C=O) groups is 1. The molecule has 0 amide bonds. The molecule has 0 radical (unpaired) electrons. The monoisotopic (exact) mass is 472 g/mol. The standard InChI is InChI=1S/C26H24N4OS2/c1-17-7-12-21-23(15-17)32-25(29-21)27-14-13-18-8-10-20(11-9-18)28-26-30-22(24(31)33-26)16-19-5-3-2-4-6-19/h2-12,15,22H,13-14,16H2,1H3,(H,27,29)(H,28,30)/t22-/m0/s1. The number of fused-ring (bicyclic) bond motifs is 1. The molecule has 1 atom stereocenters. The first kappa shape index (κ1) is 21.7. The zero-order valence-corrected chi connectivity index (χ0v) is 19.9. The molecule has 1 fully saturated rings. The molecular formula is C26H24N4OS2. The highest BCUT2D eigenvalue weighted by Gasteiger charge is 2.29. The van der Waals surface area contributed by atoms with Crippen LogP contribution in [-0.4, -0.2) is 27.9 Å². The van der Waals surface area contributed by atoms with E-state index in [0.717, 1.165) is 34.9 Å². The highest BCUT2D eigenvalue weighted by molar-refractivity contribution is 8.27. The van der Waals surface area contributed by atoms with Crippen LogP contribution in [0.1, 0.15) is 16.7 Å². The molecule has 1 aliphatic rings. The number of benzene rings is 3. The number of amidine groups is 1. The summed E-state index contributed by atoms with van der Waals surface area (Å²) in [5.41, 5.74) is 5.51. The number of aliphatic imine (C=N–C) groups is 1. The molecule has 0 saturated carbocycles. The number of aromatic nitrogens is 1. The fourth-order valence-corrected chi connectivity index (χ4v) is 5.54. The summed E-state index contributed by atoms with van der Waals surface area (Å²) in [6.07, 6.45) is 1.57. The molecule has 5 rings (SSSR count). The molecule has 7 heteroatoms. The largest absolute Gasteiger partial charge is 0.361 e. The van der Waals surface area contributed by atoms with E-state index in [-0.39, 0.29) is 11.2 Å². The lowest BCUT2D eigenvalue weighted by molar-refractivity contribution is -0.112. The van der Waals surface area contributed by atoms with Crippen molar-refractivity contribution in [3.63, 3.8) is 0 Å². The molecule has 0 aliphatic carbocycles. The first-order valence-electron chi connectivity index (χ1n) is 10.9. The SMILES string of the molecule is Cc1ccc2nc(NCCc3ccc(/N=C4/N[C@@H](Cc5ccccc5)C(=O)S4)cc3)sc2c1. The maximum Gasteiger partial charge on any atom is 0.219 e. The average Bonchev–Trinajstić information content (AvgIpc) is 3.37. The van der Waals surface area contributed by atoms with E-state index >= 15 is 0 Å². The predicted octanol–water partition coefficient (Wildman–Crippen LogP) is 5.72. The van der Waals surface area contributed by atoms with E-state index in [2.05, 4.69) is 57.9 Å². The molecule has 0 unspecified atom stereocenters. The Morgan fingerprint density at radius 2 is 1.85 bits per heavy atom. The van der Waals surface area contributed by atoms with Crippen LogP contribution < -0.4 is 10.6 Å². The minimum Gasteiger partial charge on any atom is -0.361 e. The van der Waals surface area contributed by atoms with Gasteiger partial charge in [0.25, 0.3) is 0 Å². The molecule has 3 aromatic carbocycles. The highest BCUT2D eigenvalue weighted by atomic mass is 32.2. The Morgan fingerprint density at radius 3 is 2.67 bits per heavy atom. The Balaban J connectivity index is 1.15. The topological polar surface area (TPSA) is 66.4 Å². The molecule has 1 aliphatic heterocycles. The maximum absolute atomic E-state index is 12.4. The number of anilines is 1. The number of aryl methyl sites for hydroxylation is 1. The Morgan fingerprint density at radius 1 is 1.03 bits per heavy atom. The molecule has 33 heavy (non-hydrogen) atoms. The summed E-state index contributed by atoms with van der Waals surface area (Å²) in [5.74, 6) is 0. The van der Waals surface area contributed by atoms with Crippen LogP contribution in [0.2, 0.25) is 0 Å². The quantitative estimate of drug-likeness (QED) is 0.360. The van der Waals surface area contributed by atoms with Crippen molar-refractivity contribution in [3.8, 4) is 0 Å². The van der Waals surface area contributed by atoms with Crippen LogP contribution in [-0.2, 0) is 17.6 Å². The molecular weight excluding hydrogens is 448 g/mol. The van der Waals surface area contributed by atoms with Gasteiger partial charge < -0.3 is 10.6 Å². The van der Waals surface area contributed by atoms with Crippen LogP contribution in [0.5, 0.6) is 0 Å². The van der Waals surface area contributed by atoms with Crippen molar-refractivity contribution in [1.29, 1.82) is 0 Å². The van der Waals surface area contributed by atoms with Crippen molar-refractivity contribution < 1.29 is 4.79 Å². The summed E-state index contributed by atoms with van der Waals surface area (Å²) in [6, 6.07) is 24.3. The van der Waals surface area contributed by atoms with Gasteiger partial charge >= 0.3 is 0 Å². The highest BCUT2D eigenvalue weighted by Crippen LogP contribution is 2.27. The van der Waals surface area contributed by atoms with E-state index in [9.17, 15) is 4.79 Å². The number of rotatable bonds is 7. The van der Waals surface area contributed by atoms with Gasteiger partial charge in [0.15, 0.2) is 10.3 Å². The van der Waals surface area contributed by atoms with Gasteiger partial charge in [0, 0.05) is 13.0 Å². The normalized spacial score (nSPS) is 16.9. The number of hydrogen-bond acceptors (Lipinski definition) is 6. The van der Waals surface area contributed by atoms with E-state index < -0.39 is 0 Å². The molecule has 5 nitrogen and oxygen atoms in total. The molecule has 2 N–H and O–H groups in total. The van der Waals surface area contributed by atoms with Crippen molar-refractivity contribution in [2.45, 2.75) is 25.8 Å². The van der Waals surface area contributed by atoms with E-state index in [1.807, 2.05) is 42.5 Å². The molecule has 1 aromatic heterocycles. The number of nitrogens with zero attached hydrogens (tertiary/aromatic N) is 2. The average molecular weight is 473 g/mol. The van der Waals surface area contributed by atoms with Crippen LogP contribution in [0.3, 0.4) is 0 Å². The lowest BCUT2D eigenvalue weighted by Gasteiger charge is -2.08. The van der Waals surface area contributed by atoms with Crippen molar-refractivity contribution in [3.05, 3.63) is 89.5 Å². The predicted molar refractivity (Wildman–Crippen MR) is 140 cm³/mol. The van der Waals surface area contributed by atoms with Crippen molar-refractivity contribution in [2.24, 2.45) is 4.99 Å². The van der Waals surface area contributed by atoms with Crippen LogP contribution in [0.15, 0.2) is 77.8 Å². The van der Waals surface area contributed by atoms with Crippen LogP contribution >= 0.6 is 23.1 Å². The Bertz CT molecular complexity index is 1300. The summed E-state index contributed by atoms with van der Waals surface area (Å²) in [4.78, 5) is 21.6. The Labute approximate surface area is 201 Å². The van der Waals surface area contributed by atoms with Gasteiger partial charge in [0.05, 0.1) is 15.9 Å². The third-order valence-corrected chi connectivity index (χ3v) is 7.33. The van der Waals surface area contributed by atoms with Gasteiger partial charge in [-0.15, -0.1) is 0 Å². The molecule has 1 saturated heterocycles. The molecule has 166 valence electrons. The van der Waals surface area contributed by atoms with Gasteiger partial charge in [-0.25, -0.2) is 9.98 Å². The summed E-state index contributed by atoms with van der Waals surface area (Å²) in [5, 5.41) is 8.44. The summed E-state index contributed by atoms with van der Waals surface area (Å²) < 4.78 is 1.21. The minimum atomic E-state index is -0.229. The van der Waals surface area contributed by atoms with Crippen LogP contribution in [0.25, 0.3) is 10.2 Å². The number of thiazole rings is 1. The van der Waals surface area contributed by atoms with E-state index in [4.69, 9.17) is 0 Å². The molecule has 0 spiro atoms. The van der Waals surface area contributed by atoms with Gasteiger partial charge in [-0.1, -0.05) is 59.9 Å². The zero-order chi connectivity index (χ0) is 22.6. The fraction of sp³-hybridized carbons (Fsp3) is 0.192. The number of carbonyl (C=O) groups excluding carboxylic acids is 1. The third kappa shape index (κ3) is 5.43. The minimum absolute atomic E-state index is 0.116. The second-order valence-electron chi connectivity index (χ2n) is 8.06. The Hall–Kier alpha value is -3.16. The maximum atomic E-state index is 12.4. The Kier molecular flexibility index (Phi) is 6.41. The third-order valence-electron chi connectivity index (χ3n) is 5.46. The van der Waals surface area contributed by atoms with Gasteiger partial charge in [-0.2, -0.15) is 0 Å². The molecule has 2 heterocycles. The fourth-order valence-electron chi connectivity index (χ4n) is 3.72.